The highest BCUT2D eigenvalue weighted by Gasteiger charge is 2.21. The fourth-order valence-corrected chi connectivity index (χ4v) is 1.89. The van der Waals surface area contributed by atoms with Gasteiger partial charge in [0.2, 0.25) is 0 Å². The highest BCUT2D eigenvalue weighted by molar-refractivity contribution is 9.10. The zero-order valence-electron chi connectivity index (χ0n) is 7.72. The molecule has 2 heteroatoms. The normalized spacial score (nSPS) is 15.8. The molecule has 0 saturated heterocycles. The van der Waals surface area contributed by atoms with Crippen molar-refractivity contribution in [3.05, 3.63) is 28.2 Å². The first-order valence-corrected chi connectivity index (χ1v) is 5.41. The Hall–Kier alpha value is -0.500. The molecule has 70 valence electrons. The van der Waals surface area contributed by atoms with Crippen molar-refractivity contribution in [2.75, 3.05) is 7.11 Å². The molecule has 0 N–H and O–H groups in total. The van der Waals surface area contributed by atoms with Gasteiger partial charge in [-0.05, 0) is 58.8 Å². The van der Waals surface area contributed by atoms with Gasteiger partial charge in [-0.25, -0.2) is 0 Å². The molecule has 0 aliphatic heterocycles. The van der Waals surface area contributed by atoms with Crippen LogP contribution >= 0.6 is 15.9 Å². The summed E-state index contributed by atoms with van der Waals surface area (Å²) in [6, 6.07) is 6.36. The Morgan fingerprint density at radius 1 is 1.46 bits per heavy atom. The van der Waals surface area contributed by atoms with Crippen molar-refractivity contribution in [3.8, 4) is 5.75 Å². The van der Waals surface area contributed by atoms with Crippen LogP contribution in [-0.4, -0.2) is 7.11 Å². The first kappa shape index (κ1) is 9.07. The third-order valence-corrected chi connectivity index (χ3v) is 3.09. The summed E-state index contributed by atoms with van der Waals surface area (Å²) in [6.07, 6.45) is 4.01. The first-order valence-electron chi connectivity index (χ1n) is 4.62. The average molecular weight is 241 g/mol. The summed E-state index contributed by atoms with van der Waals surface area (Å²) in [5.41, 5.74) is 1.39. The molecule has 13 heavy (non-hydrogen) atoms. The number of rotatable bonds is 3. The molecule has 0 atom stereocenters. The third kappa shape index (κ3) is 2.25. The summed E-state index contributed by atoms with van der Waals surface area (Å²) >= 11 is 3.45. The van der Waals surface area contributed by atoms with Gasteiger partial charge in [-0.15, -0.1) is 0 Å². The Bertz CT molecular complexity index is 305. The molecule has 1 saturated carbocycles. The lowest BCUT2D eigenvalue weighted by Gasteiger charge is -2.05. The molecule has 1 aliphatic carbocycles. The highest BCUT2D eigenvalue weighted by Crippen LogP contribution is 2.34. The van der Waals surface area contributed by atoms with E-state index in [4.69, 9.17) is 4.74 Å². The molecule has 0 radical (unpaired) electrons. The second-order valence-corrected chi connectivity index (χ2v) is 4.47. The van der Waals surface area contributed by atoms with Gasteiger partial charge in [0.1, 0.15) is 5.75 Å². The van der Waals surface area contributed by atoms with Crippen molar-refractivity contribution < 1.29 is 4.74 Å². The maximum absolute atomic E-state index is 5.24. The first-order chi connectivity index (χ1) is 6.29. The molecule has 0 bridgehead atoms. The van der Waals surface area contributed by atoms with E-state index in [0.717, 1.165) is 16.1 Å². The van der Waals surface area contributed by atoms with Gasteiger partial charge in [0.15, 0.2) is 0 Å². The van der Waals surface area contributed by atoms with Gasteiger partial charge in [-0.2, -0.15) is 0 Å². The maximum atomic E-state index is 5.24. The Balaban J connectivity index is 2.16. The fraction of sp³-hybridized carbons (Fsp3) is 0.455. The third-order valence-electron chi connectivity index (χ3n) is 2.44. The topological polar surface area (TPSA) is 9.23 Å². The number of benzene rings is 1. The monoisotopic (exact) mass is 240 g/mol. The van der Waals surface area contributed by atoms with Crippen LogP contribution in [0.3, 0.4) is 0 Å². The molecule has 0 heterocycles. The van der Waals surface area contributed by atoms with Gasteiger partial charge < -0.3 is 4.74 Å². The van der Waals surface area contributed by atoms with E-state index >= 15 is 0 Å². The number of hydrogen-bond donors (Lipinski definition) is 0. The lowest BCUT2D eigenvalue weighted by Crippen LogP contribution is -1.90. The predicted molar refractivity (Wildman–Crippen MR) is 57.1 cm³/mol. The van der Waals surface area contributed by atoms with E-state index in [2.05, 4.69) is 34.1 Å². The number of halogens is 1. The summed E-state index contributed by atoms with van der Waals surface area (Å²) in [5.74, 6) is 1.88. The van der Waals surface area contributed by atoms with E-state index in [-0.39, 0.29) is 0 Å². The molecular weight excluding hydrogens is 228 g/mol. The SMILES string of the molecule is COc1cc(CC2CC2)ccc1Br. The van der Waals surface area contributed by atoms with E-state index in [1.54, 1.807) is 7.11 Å². The molecule has 1 aliphatic rings. The minimum absolute atomic E-state index is 0.936. The zero-order chi connectivity index (χ0) is 9.26. The smallest absolute Gasteiger partial charge is 0.133 e. The van der Waals surface area contributed by atoms with E-state index in [0.29, 0.717) is 0 Å². The van der Waals surface area contributed by atoms with Gasteiger partial charge in [-0.3, -0.25) is 0 Å². The number of hydrogen-bond acceptors (Lipinski definition) is 1. The highest BCUT2D eigenvalue weighted by atomic mass is 79.9. The van der Waals surface area contributed by atoms with Crippen LogP contribution in [0, 0.1) is 5.92 Å². The molecule has 1 fully saturated rings. The van der Waals surface area contributed by atoms with Crippen LogP contribution in [0.2, 0.25) is 0 Å². The van der Waals surface area contributed by atoms with E-state index in [1.807, 2.05) is 0 Å². The largest absolute Gasteiger partial charge is 0.496 e. The summed E-state index contributed by atoms with van der Waals surface area (Å²) in [4.78, 5) is 0. The average Bonchev–Trinajstić information content (AvgIpc) is 2.92. The summed E-state index contributed by atoms with van der Waals surface area (Å²) < 4.78 is 6.28. The molecular formula is C11H13BrO. The van der Waals surface area contributed by atoms with Gasteiger partial charge in [0.25, 0.3) is 0 Å². The number of ether oxygens (including phenoxy) is 1. The van der Waals surface area contributed by atoms with E-state index < -0.39 is 0 Å². The Morgan fingerprint density at radius 3 is 2.85 bits per heavy atom. The lowest BCUT2D eigenvalue weighted by molar-refractivity contribution is 0.411. The van der Waals surface area contributed by atoms with Crippen LogP contribution in [0.1, 0.15) is 18.4 Å². The second kappa shape index (κ2) is 3.70. The lowest BCUT2D eigenvalue weighted by atomic mass is 10.1. The molecule has 1 aromatic rings. The molecule has 1 aromatic carbocycles. The minimum atomic E-state index is 0.936. The van der Waals surface area contributed by atoms with Crippen molar-refractivity contribution >= 4 is 15.9 Å². The van der Waals surface area contributed by atoms with Crippen LogP contribution in [-0.2, 0) is 6.42 Å². The van der Waals surface area contributed by atoms with Crippen molar-refractivity contribution in [3.63, 3.8) is 0 Å². The standard InChI is InChI=1S/C11H13BrO/c1-13-11-7-9(4-5-10(11)12)6-8-2-3-8/h4-5,7-8H,2-3,6H2,1H3. The minimum Gasteiger partial charge on any atom is -0.496 e. The van der Waals surface area contributed by atoms with Crippen molar-refractivity contribution in [2.45, 2.75) is 19.3 Å². The summed E-state index contributed by atoms with van der Waals surface area (Å²) in [6.45, 7) is 0. The zero-order valence-corrected chi connectivity index (χ0v) is 9.30. The number of methoxy groups -OCH3 is 1. The Labute approximate surface area is 87.2 Å². The van der Waals surface area contributed by atoms with Gasteiger partial charge in [0.05, 0.1) is 11.6 Å². The Morgan fingerprint density at radius 2 is 2.23 bits per heavy atom. The quantitative estimate of drug-likeness (QED) is 0.787. The molecule has 0 spiro atoms. The van der Waals surface area contributed by atoms with Crippen molar-refractivity contribution in [1.29, 1.82) is 0 Å². The van der Waals surface area contributed by atoms with E-state index in [1.165, 1.54) is 24.8 Å². The summed E-state index contributed by atoms with van der Waals surface area (Å²) in [5, 5.41) is 0. The fourth-order valence-electron chi connectivity index (χ4n) is 1.49. The molecule has 2 rings (SSSR count). The van der Waals surface area contributed by atoms with Crippen LogP contribution in [0.25, 0.3) is 0 Å². The maximum Gasteiger partial charge on any atom is 0.133 e. The van der Waals surface area contributed by atoms with Crippen LogP contribution in [0.5, 0.6) is 5.75 Å². The predicted octanol–water partition coefficient (Wildman–Crippen LogP) is 3.41. The van der Waals surface area contributed by atoms with Gasteiger partial charge in [-0.1, -0.05) is 6.07 Å². The molecule has 1 nitrogen and oxygen atoms in total. The van der Waals surface area contributed by atoms with Crippen molar-refractivity contribution in [1.82, 2.24) is 0 Å². The van der Waals surface area contributed by atoms with Gasteiger partial charge >= 0.3 is 0 Å². The molecule has 0 unspecified atom stereocenters. The second-order valence-electron chi connectivity index (χ2n) is 3.62. The molecule has 0 amide bonds. The van der Waals surface area contributed by atoms with Crippen molar-refractivity contribution in [2.24, 2.45) is 5.92 Å². The van der Waals surface area contributed by atoms with Crippen LogP contribution in [0.15, 0.2) is 22.7 Å². The van der Waals surface area contributed by atoms with E-state index in [9.17, 15) is 0 Å². The van der Waals surface area contributed by atoms with Crippen LogP contribution < -0.4 is 4.74 Å². The summed E-state index contributed by atoms with van der Waals surface area (Å²) in [7, 11) is 1.71. The van der Waals surface area contributed by atoms with Crippen LogP contribution in [0.4, 0.5) is 0 Å². The van der Waals surface area contributed by atoms with Gasteiger partial charge in [0, 0.05) is 0 Å². The Kier molecular flexibility index (Phi) is 2.58. The molecule has 0 aromatic heterocycles.